The molecule has 0 unspecified atom stereocenters. The lowest BCUT2D eigenvalue weighted by Gasteiger charge is -2.15. The smallest absolute Gasteiger partial charge is 0.420 e. The summed E-state index contributed by atoms with van der Waals surface area (Å²) in [6, 6.07) is 13.7. The normalized spacial score (nSPS) is 12.8. The SMILES string of the molecule is CO[C@H](CO)c1cc(C(F)(F)F)c2oc(-c3cc(-c4ccccc4-c4nncn4C)ccc3F)nc2c1. The number of aliphatic hydroxyl groups is 1. The largest absolute Gasteiger partial charge is 0.435 e. The van der Waals surface area contributed by atoms with Crippen molar-refractivity contribution in [2.24, 2.45) is 7.05 Å². The summed E-state index contributed by atoms with van der Waals surface area (Å²) in [7, 11) is 3.06. The maximum absolute atomic E-state index is 15.0. The minimum atomic E-state index is -4.78. The van der Waals surface area contributed by atoms with E-state index < -0.39 is 35.9 Å². The van der Waals surface area contributed by atoms with E-state index >= 15 is 0 Å². The van der Waals surface area contributed by atoms with Crippen LogP contribution < -0.4 is 0 Å². The summed E-state index contributed by atoms with van der Waals surface area (Å²) in [5.74, 6) is -0.446. The Morgan fingerprint density at radius 3 is 2.46 bits per heavy atom. The first-order valence-electron chi connectivity index (χ1n) is 11.1. The van der Waals surface area contributed by atoms with E-state index in [-0.39, 0.29) is 22.5 Å². The van der Waals surface area contributed by atoms with Gasteiger partial charge in [0.2, 0.25) is 5.89 Å². The third kappa shape index (κ3) is 4.47. The molecule has 2 heterocycles. The number of hydrogen-bond donors (Lipinski definition) is 1. The molecule has 11 heteroatoms. The maximum Gasteiger partial charge on any atom is 0.420 e. The van der Waals surface area contributed by atoms with E-state index in [0.717, 1.165) is 11.6 Å². The molecule has 190 valence electrons. The molecule has 0 aliphatic carbocycles. The van der Waals surface area contributed by atoms with Gasteiger partial charge in [-0.1, -0.05) is 30.3 Å². The zero-order valence-corrected chi connectivity index (χ0v) is 19.6. The number of aryl methyl sites for hydroxylation is 1. The van der Waals surface area contributed by atoms with E-state index in [1.165, 1.54) is 25.3 Å². The van der Waals surface area contributed by atoms with Gasteiger partial charge in [0.25, 0.3) is 0 Å². The number of fused-ring (bicyclic) bond motifs is 1. The van der Waals surface area contributed by atoms with Gasteiger partial charge in [0.05, 0.1) is 12.2 Å². The Balaban J connectivity index is 1.67. The van der Waals surface area contributed by atoms with Crippen LogP contribution in [0.2, 0.25) is 0 Å². The highest BCUT2D eigenvalue weighted by Gasteiger charge is 2.36. The van der Waals surface area contributed by atoms with Gasteiger partial charge >= 0.3 is 6.18 Å². The summed E-state index contributed by atoms with van der Waals surface area (Å²) in [4.78, 5) is 4.18. The molecule has 2 aromatic heterocycles. The second-order valence-electron chi connectivity index (χ2n) is 8.35. The van der Waals surface area contributed by atoms with Crippen molar-refractivity contribution >= 4 is 11.1 Å². The van der Waals surface area contributed by atoms with Crippen molar-refractivity contribution < 1.29 is 31.8 Å². The molecule has 5 rings (SSSR count). The standard InChI is InChI=1S/C26H20F4N4O3/c1-34-13-31-33-24(34)17-6-4-3-5-16(17)14-7-8-20(27)18(9-14)25-32-21-11-15(22(12-35)36-2)10-19(23(21)37-25)26(28,29)30/h3-11,13,22,35H,12H2,1-2H3/t22-/m1/s1. The van der Waals surface area contributed by atoms with Crippen molar-refractivity contribution in [1.82, 2.24) is 19.7 Å². The quantitative estimate of drug-likeness (QED) is 0.290. The van der Waals surface area contributed by atoms with Crippen molar-refractivity contribution in [1.29, 1.82) is 0 Å². The number of benzene rings is 3. The summed E-state index contributed by atoms with van der Waals surface area (Å²) in [5.41, 5.74) is 0.199. The number of rotatable bonds is 6. The number of halogens is 4. The van der Waals surface area contributed by atoms with E-state index in [0.29, 0.717) is 17.0 Å². The predicted molar refractivity (Wildman–Crippen MR) is 127 cm³/mol. The first-order valence-corrected chi connectivity index (χ1v) is 11.1. The van der Waals surface area contributed by atoms with Gasteiger partial charge in [-0.3, -0.25) is 0 Å². The van der Waals surface area contributed by atoms with Gasteiger partial charge in [-0.15, -0.1) is 10.2 Å². The molecule has 0 aliphatic rings. The fourth-order valence-corrected chi connectivity index (χ4v) is 4.20. The third-order valence-electron chi connectivity index (χ3n) is 6.03. The van der Waals surface area contributed by atoms with Crippen molar-refractivity contribution in [3.05, 3.63) is 77.9 Å². The Morgan fingerprint density at radius 1 is 1.05 bits per heavy atom. The van der Waals surface area contributed by atoms with Gasteiger partial charge in [0, 0.05) is 19.7 Å². The Labute approximate surface area is 208 Å². The fourth-order valence-electron chi connectivity index (χ4n) is 4.20. The summed E-state index contributed by atoms with van der Waals surface area (Å²) in [6.07, 6.45) is -4.23. The van der Waals surface area contributed by atoms with Crippen LogP contribution >= 0.6 is 0 Å². The highest BCUT2D eigenvalue weighted by molar-refractivity contribution is 5.84. The van der Waals surface area contributed by atoms with Crippen molar-refractivity contribution in [3.63, 3.8) is 0 Å². The van der Waals surface area contributed by atoms with Crippen molar-refractivity contribution in [2.75, 3.05) is 13.7 Å². The number of hydrogen-bond acceptors (Lipinski definition) is 6. The van der Waals surface area contributed by atoms with Crippen LogP contribution in [0.25, 0.3) is 45.1 Å². The number of aromatic nitrogens is 4. The molecule has 5 aromatic rings. The predicted octanol–water partition coefficient (Wildman–Crippen LogP) is 5.80. The molecule has 7 nitrogen and oxygen atoms in total. The molecule has 0 radical (unpaired) electrons. The van der Waals surface area contributed by atoms with E-state index in [1.807, 2.05) is 24.3 Å². The lowest BCUT2D eigenvalue weighted by molar-refractivity contribution is -0.137. The van der Waals surface area contributed by atoms with E-state index in [2.05, 4.69) is 15.2 Å². The molecule has 0 fully saturated rings. The summed E-state index contributed by atoms with van der Waals surface area (Å²) in [5, 5.41) is 17.6. The molecule has 0 bridgehead atoms. The van der Waals surface area contributed by atoms with Crippen LogP contribution in [0.3, 0.4) is 0 Å². The molecule has 0 saturated heterocycles. The summed E-state index contributed by atoms with van der Waals surface area (Å²) >= 11 is 0. The maximum atomic E-state index is 15.0. The number of nitrogens with zero attached hydrogens (tertiary/aromatic N) is 4. The van der Waals surface area contributed by atoms with Gasteiger partial charge in [-0.05, 0) is 41.0 Å². The number of alkyl halides is 3. The van der Waals surface area contributed by atoms with Gasteiger partial charge in [-0.2, -0.15) is 13.2 Å². The Hall–Kier alpha value is -4.09. The van der Waals surface area contributed by atoms with Crippen LogP contribution in [0.4, 0.5) is 17.6 Å². The topological polar surface area (TPSA) is 86.2 Å². The first-order chi connectivity index (χ1) is 17.7. The minimum absolute atomic E-state index is 0.0662. The van der Waals surface area contributed by atoms with Crippen LogP contribution in [0, 0.1) is 5.82 Å². The first kappa shape index (κ1) is 24.6. The molecule has 1 N–H and O–H groups in total. The molecule has 1 atom stereocenters. The zero-order valence-electron chi connectivity index (χ0n) is 19.6. The van der Waals surface area contributed by atoms with Crippen molar-refractivity contribution in [3.8, 4) is 34.0 Å². The fraction of sp³-hybridized carbons (Fsp3) is 0.192. The van der Waals surface area contributed by atoms with E-state index in [4.69, 9.17) is 9.15 Å². The van der Waals surface area contributed by atoms with Crippen LogP contribution in [-0.4, -0.2) is 38.6 Å². The zero-order chi connectivity index (χ0) is 26.3. The van der Waals surface area contributed by atoms with Gasteiger partial charge in [0.1, 0.15) is 29.3 Å². The third-order valence-corrected chi connectivity index (χ3v) is 6.03. The summed E-state index contributed by atoms with van der Waals surface area (Å²) in [6.45, 7) is -0.536. The summed E-state index contributed by atoms with van der Waals surface area (Å²) < 4.78 is 68.9. The molecule has 37 heavy (non-hydrogen) atoms. The number of aliphatic hydroxyl groups excluding tert-OH is 1. The number of oxazole rings is 1. The minimum Gasteiger partial charge on any atom is -0.435 e. The van der Waals surface area contributed by atoms with Gasteiger partial charge < -0.3 is 18.8 Å². The van der Waals surface area contributed by atoms with Gasteiger partial charge in [0.15, 0.2) is 11.4 Å². The van der Waals surface area contributed by atoms with Crippen LogP contribution in [-0.2, 0) is 18.0 Å². The second kappa shape index (κ2) is 9.41. The molecular formula is C26H20F4N4O3. The molecule has 0 aliphatic heterocycles. The van der Waals surface area contributed by atoms with Crippen molar-refractivity contribution in [2.45, 2.75) is 12.3 Å². The van der Waals surface area contributed by atoms with E-state index in [9.17, 15) is 22.7 Å². The molecule has 3 aromatic carbocycles. The van der Waals surface area contributed by atoms with Gasteiger partial charge in [-0.25, -0.2) is 9.37 Å². The highest BCUT2D eigenvalue weighted by atomic mass is 19.4. The van der Waals surface area contributed by atoms with Crippen LogP contribution in [0.15, 0.2) is 65.3 Å². The van der Waals surface area contributed by atoms with Crippen LogP contribution in [0.5, 0.6) is 0 Å². The van der Waals surface area contributed by atoms with E-state index in [1.54, 1.807) is 24.0 Å². The average Bonchev–Trinajstić information content (AvgIpc) is 3.50. The lowest BCUT2D eigenvalue weighted by Crippen LogP contribution is -2.10. The number of ether oxygens (including phenoxy) is 1. The second-order valence-corrected chi connectivity index (χ2v) is 8.35. The average molecular weight is 512 g/mol. The highest BCUT2D eigenvalue weighted by Crippen LogP contribution is 2.40. The number of methoxy groups -OCH3 is 1. The lowest BCUT2D eigenvalue weighted by atomic mass is 9.97. The Morgan fingerprint density at radius 2 is 1.81 bits per heavy atom. The molecule has 0 spiro atoms. The van der Waals surface area contributed by atoms with Crippen LogP contribution in [0.1, 0.15) is 17.2 Å². The Bertz CT molecular complexity index is 1590. The molecule has 0 saturated carbocycles. The Kier molecular flexibility index (Phi) is 6.26. The molecule has 0 amide bonds. The monoisotopic (exact) mass is 512 g/mol. The molecular weight excluding hydrogens is 492 g/mol.